The van der Waals surface area contributed by atoms with E-state index in [0.29, 0.717) is 17.9 Å². The first-order valence-electron chi connectivity index (χ1n) is 10.9. The Hall–Kier alpha value is -1.84. The second-order valence-corrected chi connectivity index (χ2v) is 9.00. The zero-order valence-electron chi connectivity index (χ0n) is 16.1. The van der Waals surface area contributed by atoms with E-state index in [-0.39, 0.29) is 23.8 Å². The van der Waals surface area contributed by atoms with E-state index in [1.165, 1.54) is 24.8 Å². The number of likely N-dealkylation sites (tertiary alicyclic amines) is 2. The molecular weight excluding hydrogens is 336 g/mol. The van der Waals surface area contributed by atoms with Crippen LogP contribution in [0.5, 0.6) is 0 Å². The third-order valence-corrected chi connectivity index (χ3v) is 7.38. The van der Waals surface area contributed by atoms with Gasteiger partial charge in [0.2, 0.25) is 11.8 Å². The van der Waals surface area contributed by atoms with Crippen LogP contribution in [0.4, 0.5) is 0 Å². The van der Waals surface area contributed by atoms with Gasteiger partial charge in [0, 0.05) is 25.0 Å². The molecule has 4 nitrogen and oxygen atoms in total. The van der Waals surface area contributed by atoms with Gasteiger partial charge in [0.05, 0.1) is 0 Å². The zero-order valence-corrected chi connectivity index (χ0v) is 16.1. The van der Waals surface area contributed by atoms with Crippen LogP contribution in [0.15, 0.2) is 30.3 Å². The molecule has 144 valence electrons. The number of rotatable bonds is 3. The fraction of sp³-hybridized carbons (Fsp3) is 0.652. The Labute approximate surface area is 161 Å². The second-order valence-electron chi connectivity index (χ2n) is 9.00. The van der Waals surface area contributed by atoms with E-state index in [1.54, 1.807) is 0 Å². The van der Waals surface area contributed by atoms with Crippen molar-refractivity contribution < 1.29 is 9.59 Å². The van der Waals surface area contributed by atoms with E-state index in [2.05, 4.69) is 29.2 Å². The lowest BCUT2D eigenvalue weighted by Gasteiger charge is -2.35. The standard InChI is InChI=1S/C23H30N2O2/c26-22(19-15-18(19)16-8-2-1-3-9-16)25-20-11-5-4-10-17(20)14-21(25)23(27)24-12-6-7-13-24/h1-3,8-9,17-21H,4-7,10-15H2/t17-,18-,19+,20-,21-/m0/s1. The largest absolute Gasteiger partial charge is 0.341 e. The Bertz CT molecular complexity index is 712. The number of carbonyl (C=O) groups is 2. The Morgan fingerprint density at radius 2 is 1.59 bits per heavy atom. The predicted molar refractivity (Wildman–Crippen MR) is 104 cm³/mol. The highest BCUT2D eigenvalue weighted by molar-refractivity contribution is 5.91. The third-order valence-electron chi connectivity index (χ3n) is 7.38. The lowest BCUT2D eigenvalue weighted by atomic mass is 9.84. The Kier molecular flexibility index (Phi) is 4.45. The van der Waals surface area contributed by atoms with Gasteiger partial charge < -0.3 is 9.80 Å². The van der Waals surface area contributed by atoms with E-state index in [0.717, 1.165) is 45.2 Å². The fourth-order valence-electron chi connectivity index (χ4n) is 5.87. The molecule has 2 saturated carbocycles. The summed E-state index contributed by atoms with van der Waals surface area (Å²) in [6.07, 6.45) is 8.78. The van der Waals surface area contributed by atoms with Gasteiger partial charge >= 0.3 is 0 Å². The van der Waals surface area contributed by atoms with Crippen LogP contribution in [0.2, 0.25) is 0 Å². The number of benzene rings is 1. The molecule has 4 fully saturated rings. The maximum atomic E-state index is 13.5. The quantitative estimate of drug-likeness (QED) is 0.820. The minimum absolute atomic E-state index is 0.0851. The summed E-state index contributed by atoms with van der Waals surface area (Å²) < 4.78 is 0. The van der Waals surface area contributed by atoms with Gasteiger partial charge in [-0.1, -0.05) is 43.2 Å². The molecule has 0 radical (unpaired) electrons. The van der Waals surface area contributed by atoms with Crippen molar-refractivity contribution in [2.45, 2.75) is 69.4 Å². The summed E-state index contributed by atoms with van der Waals surface area (Å²) in [5.41, 5.74) is 1.28. The van der Waals surface area contributed by atoms with Crippen molar-refractivity contribution >= 4 is 11.8 Å². The molecule has 0 unspecified atom stereocenters. The lowest BCUT2D eigenvalue weighted by molar-refractivity contribution is -0.146. The van der Waals surface area contributed by atoms with Gasteiger partial charge in [-0.15, -0.1) is 0 Å². The van der Waals surface area contributed by atoms with Gasteiger partial charge in [-0.2, -0.15) is 0 Å². The molecule has 5 atom stereocenters. The lowest BCUT2D eigenvalue weighted by Crippen LogP contribution is -2.50. The smallest absolute Gasteiger partial charge is 0.245 e. The summed E-state index contributed by atoms with van der Waals surface area (Å²) in [5, 5.41) is 0. The van der Waals surface area contributed by atoms with Gasteiger partial charge in [0.1, 0.15) is 6.04 Å². The summed E-state index contributed by atoms with van der Waals surface area (Å²) in [4.78, 5) is 30.9. The van der Waals surface area contributed by atoms with E-state index in [9.17, 15) is 9.59 Å². The normalized spacial score (nSPS) is 35.2. The molecule has 2 heterocycles. The van der Waals surface area contributed by atoms with Gasteiger partial charge in [0.25, 0.3) is 0 Å². The maximum Gasteiger partial charge on any atom is 0.245 e. The van der Waals surface area contributed by atoms with Crippen LogP contribution in [-0.2, 0) is 9.59 Å². The minimum atomic E-state index is -0.194. The summed E-state index contributed by atoms with van der Waals surface area (Å²) in [6.45, 7) is 1.76. The number of nitrogens with zero attached hydrogens (tertiary/aromatic N) is 2. The van der Waals surface area contributed by atoms with Crippen molar-refractivity contribution in [3.63, 3.8) is 0 Å². The number of amides is 2. The number of hydrogen-bond acceptors (Lipinski definition) is 2. The van der Waals surface area contributed by atoms with Crippen LogP contribution in [0.25, 0.3) is 0 Å². The summed E-state index contributed by atoms with van der Waals surface area (Å²) in [6, 6.07) is 10.5. The second kappa shape index (κ2) is 6.96. The molecule has 2 saturated heterocycles. The number of carbonyl (C=O) groups excluding carboxylic acids is 2. The van der Waals surface area contributed by atoms with Crippen molar-refractivity contribution in [1.82, 2.24) is 9.80 Å². The van der Waals surface area contributed by atoms with Crippen LogP contribution in [0.1, 0.15) is 62.8 Å². The minimum Gasteiger partial charge on any atom is -0.341 e. The molecule has 5 rings (SSSR count). The zero-order chi connectivity index (χ0) is 18.4. The molecule has 0 spiro atoms. The molecule has 1 aromatic carbocycles. The predicted octanol–water partition coefficient (Wildman–Crippen LogP) is 3.57. The molecule has 2 aliphatic carbocycles. The molecular formula is C23H30N2O2. The highest BCUT2D eigenvalue weighted by Gasteiger charge is 2.54. The molecule has 0 bridgehead atoms. The van der Waals surface area contributed by atoms with Crippen molar-refractivity contribution in [1.29, 1.82) is 0 Å². The molecule has 4 heteroatoms. The van der Waals surface area contributed by atoms with Crippen LogP contribution >= 0.6 is 0 Å². The van der Waals surface area contributed by atoms with Gasteiger partial charge in [-0.25, -0.2) is 0 Å². The molecule has 4 aliphatic rings. The van der Waals surface area contributed by atoms with Crippen LogP contribution in [-0.4, -0.2) is 46.8 Å². The summed E-state index contributed by atoms with van der Waals surface area (Å²) >= 11 is 0. The molecule has 27 heavy (non-hydrogen) atoms. The highest BCUT2D eigenvalue weighted by atomic mass is 16.2. The number of fused-ring (bicyclic) bond motifs is 1. The highest BCUT2D eigenvalue weighted by Crippen LogP contribution is 2.51. The average molecular weight is 367 g/mol. The Balaban J connectivity index is 1.37. The number of hydrogen-bond donors (Lipinski definition) is 0. The first-order valence-corrected chi connectivity index (χ1v) is 10.9. The van der Waals surface area contributed by atoms with Gasteiger partial charge in [-0.05, 0) is 55.9 Å². The van der Waals surface area contributed by atoms with Crippen molar-refractivity contribution in [2.75, 3.05) is 13.1 Å². The molecule has 2 aliphatic heterocycles. The Morgan fingerprint density at radius 3 is 2.37 bits per heavy atom. The van der Waals surface area contributed by atoms with E-state index in [1.807, 2.05) is 11.0 Å². The topological polar surface area (TPSA) is 40.6 Å². The van der Waals surface area contributed by atoms with Crippen LogP contribution < -0.4 is 0 Å². The Morgan fingerprint density at radius 1 is 0.852 bits per heavy atom. The van der Waals surface area contributed by atoms with Gasteiger partial charge in [0.15, 0.2) is 0 Å². The molecule has 1 aromatic rings. The van der Waals surface area contributed by atoms with E-state index in [4.69, 9.17) is 0 Å². The summed E-state index contributed by atoms with van der Waals surface area (Å²) in [5.74, 6) is 1.46. The maximum absolute atomic E-state index is 13.5. The molecule has 0 aromatic heterocycles. The van der Waals surface area contributed by atoms with Crippen molar-refractivity contribution in [3.05, 3.63) is 35.9 Å². The molecule has 2 amide bonds. The third kappa shape index (κ3) is 3.07. The van der Waals surface area contributed by atoms with Crippen LogP contribution in [0, 0.1) is 11.8 Å². The average Bonchev–Trinajstić information content (AvgIpc) is 3.14. The summed E-state index contributed by atoms with van der Waals surface area (Å²) in [7, 11) is 0. The van der Waals surface area contributed by atoms with E-state index < -0.39 is 0 Å². The van der Waals surface area contributed by atoms with E-state index >= 15 is 0 Å². The van der Waals surface area contributed by atoms with Gasteiger partial charge in [-0.3, -0.25) is 9.59 Å². The SMILES string of the molecule is O=C([C@@H]1C[C@@H]2CCCC[C@@H]2N1C(=O)[C@@H]1C[C@H]1c1ccccc1)N1CCCC1. The van der Waals surface area contributed by atoms with Crippen molar-refractivity contribution in [2.24, 2.45) is 11.8 Å². The first-order chi connectivity index (χ1) is 13.2. The first kappa shape index (κ1) is 17.3. The fourth-order valence-corrected chi connectivity index (χ4v) is 5.87. The van der Waals surface area contributed by atoms with Crippen LogP contribution in [0.3, 0.4) is 0 Å². The monoisotopic (exact) mass is 366 g/mol. The molecule has 0 N–H and O–H groups in total. The van der Waals surface area contributed by atoms with Crippen molar-refractivity contribution in [3.8, 4) is 0 Å².